The molecule has 0 aliphatic heterocycles. The van der Waals surface area contributed by atoms with Crippen molar-refractivity contribution in [1.82, 2.24) is 5.32 Å². The van der Waals surface area contributed by atoms with Gasteiger partial charge >= 0.3 is 0 Å². The minimum Gasteiger partial charge on any atom is -0.492 e. The third-order valence-corrected chi connectivity index (χ3v) is 5.99. The van der Waals surface area contributed by atoms with E-state index < -0.39 is 16.1 Å². The Bertz CT molecular complexity index is 1160. The van der Waals surface area contributed by atoms with Crippen LogP contribution in [0.3, 0.4) is 0 Å². The second kappa shape index (κ2) is 9.30. The number of nitrogens with one attached hydrogen (secondary N) is 2. The van der Waals surface area contributed by atoms with Crippen molar-refractivity contribution in [2.75, 3.05) is 30.7 Å². The predicted octanol–water partition coefficient (Wildman–Crippen LogP) is 3.39. The van der Waals surface area contributed by atoms with E-state index in [1.165, 1.54) is 23.8 Å². The van der Waals surface area contributed by atoms with Gasteiger partial charge in [0.25, 0.3) is 0 Å². The first-order valence-corrected chi connectivity index (χ1v) is 12.4. The van der Waals surface area contributed by atoms with Gasteiger partial charge in [0, 0.05) is 42.2 Å². The van der Waals surface area contributed by atoms with E-state index in [-0.39, 0.29) is 0 Å². The molecule has 0 spiro atoms. The Kier molecular flexibility index (Phi) is 6.50. The summed E-state index contributed by atoms with van der Waals surface area (Å²) in [6, 6.07) is 12.7. The molecule has 8 heteroatoms. The zero-order valence-corrected chi connectivity index (χ0v) is 18.4. The standard InChI is InChI=1S/C23H28N2O5S/c1-31(27,28)25-17-6-4-5-16(13-17)21(26)15-24-11-12-29-18-9-10-20-19-7-2-3-8-22(19)30-23(20)14-18/h4-6,9-10,13-14,21,24-26H,2-3,7-8,11-12,15H2,1H3/t21-/m0/s1. The highest BCUT2D eigenvalue weighted by atomic mass is 32.2. The molecular formula is C23H28N2O5S. The minimum absolute atomic E-state index is 0.329. The number of aliphatic hydroxyl groups is 1. The molecule has 1 atom stereocenters. The molecule has 0 radical (unpaired) electrons. The Hall–Kier alpha value is -2.55. The third kappa shape index (κ3) is 5.58. The lowest BCUT2D eigenvalue weighted by Crippen LogP contribution is -2.26. The summed E-state index contributed by atoms with van der Waals surface area (Å²) in [6.07, 6.45) is 4.84. The van der Waals surface area contributed by atoms with Gasteiger partial charge in [-0.25, -0.2) is 8.42 Å². The number of benzene rings is 2. The van der Waals surface area contributed by atoms with Gasteiger partial charge in [0.05, 0.1) is 12.4 Å². The SMILES string of the molecule is CS(=O)(=O)Nc1cccc([C@@H](O)CNCCOc2ccc3c4c(oc3c2)CCCC4)c1. The number of hydrogen-bond donors (Lipinski definition) is 3. The molecule has 166 valence electrons. The van der Waals surface area contributed by atoms with Crippen LogP contribution < -0.4 is 14.8 Å². The molecule has 1 heterocycles. The number of aliphatic hydroxyl groups excluding tert-OH is 1. The zero-order chi connectivity index (χ0) is 21.8. The summed E-state index contributed by atoms with van der Waals surface area (Å²) in [5, 5.41) is 14.7. The van der Waals surface area contributed by atoms with Gasteiger partial charge in [0.2, 0.25) is 10.0 Å². The first kappa shape index (κ1) is 21.7. The van der Waals surface area contributed by atoms with E-state index in [0.717, 1.165) is 36.2 Å². The lowest BCUT2D eigenvalue weighted by atomic mass is 9.96. The summed E-state index contributed by atoms with van der Waals surface area (Å²) in [5.74, 6) is 1.88. The van der Waals surface area contributed by atoms with Gasteiger partial charge < -0.3 is 19.6 Å². The molecule has 1 aromatic heterocycles. The van der Waals surface area contributed by atoms with Crippen molar-refractivity contribution >= 4 is 26.7 Å². The minimum atomic E-state index is -3.36. The number of hydrogen-bond acceptors (Lipinski definition) is 6. The molecule has 31 heavy (non-hydrogen) atoms. The second-order valence-electron chi connectivity index (χ2n) is 7.94. The molecule has 0 saturated heterocycles. The molecule has 2 aromatic carbocycles. The topological polar surface area (TPSA) is 101 Å². The zero-order valence-electron chi connectivity index (χ0n) is 17.6. The molecular weight excluding hydrogens is 416 g/mol. The summed E-state index contributed by atoms with van der Waals surface area (Å²) >= 11 is 0. The lowest BCUT2D eigenvalue weighted by molar-refractivity contribution is 0.172. The fourth-order valence-corrected chi connectivity index (χ4v) is 4.51. The molecule has 0 unspecified atom stereocenters. The monoisotopic (exact) mass is 444 g/mol. The van der Waals surface area contributed by atoms with Gasteiger partial charge in [0.1, 0.15) is 23.7 Å². The van der Waals surface area contributed by atoms with Crippen LogP contribution in [0.5, 0.6) is 5.75 Å². The van der Waals surface area contributed by atoms with E-state index >= 15 is 0 Å². The number of fused-ring (bicyclic) bond motifs is 3. The molecule has 4 rings (SSSR count). The fourth-order valence-electron chi connectivity index (χ4n) is 3.96. The second-order valence-corrected chi connectivity index (χ2v) is 9.69. The van der Waals surface area contributed by atoms with Crippen molar-refractivity contribution < 1.29 is 22.7 Å². The van der Waals surface area contributed by atoms with Crippen molar-refractivity contribution in [3.8, 4) is 5.75 Å². The van der Waals surface area contributed by atoms with Crippen LogP contribution in [0.2, 0.25) is 0 Å². The number of furan rings is 1. The summed E-state index contributed by atoms with van der Waals surface area (Å²) in [5.41, 5.74) is 3.29. The van der Waals surface area contributed by atoms with Gasteiger partial charge in [0.15, 0.2) is 0 Å². The average Bonchev–Trinajstić information content (AvgIpc) is 3.10. The Morgan fingerprint density at radius 3 is 2.84 bits per heavy atom. The summed E-state index contributed by atoms with van der Waals surface area (Å²) in [6.45, 7) is 1.34. The number of rotatable bonds is 9. The molecule has 0 amide bonds. The highest BCUT2D eigenvalue weighted by Gasteiger charge is 2.18. The van der Waals surface area contributed by atoms with E-state index in [1.54, 1.807) is 24.3 Å². The Morgan fingerprint density at radius 1 is 1.16 bits per heavy atom. The molecule has 0 saturated carbocycles. The summed E-state index contributed by atoms with van der Waals surface area (Å²) < 4.78 is 37.0. The van der Waals surface area contributed by atoms with Gasteiger partial charge in [-0.3, -0.25) is 4.72 Å². The quantitative estimate of drug-likeness (QED) is 0.438. The van der Waals surface area contributed by atoms with E-state index in [2.05, 4.69) is 16.1 Å². The van der Waals surface area contributed by atoms with Crippen molar-refractivity contribution in [1.29, 1.82) is 0 Å². The maximum atomic E-state index is 11.4. The Balaban J connectivity index is 1.25. The van der Waals surface area contributed by atoms with Crippen LogP contribution >= 0.6 is 0 Å². The maximum absolute atomic E-state index is 11.4. The van der Waals surface area contributed by atoms with Gasteiger partial charge in [-0.15, -0.1) is 0 Å². The van der Waals surface area contributed by atoms with Crippen molar-refractivity contribution in [2.24, 2.45) is 0 Å². The van der Waals surface area contributed by atoms with E-state index in [4.69, 9.17) is 9.15 Å². The maximum Gasteiger partial charge on any atom is 0.229 e. The number of anilines is 1. The first-order valence-electron chi connectivity index (χ1n) is 10.5. The first-order chi connectivity index (χ1) is 14.9. The van der Waals surface area contributed by atoms with Gasteiger partial charge in [-0.2, -0.15) is 0 Å². The average molecular weight is 445 g/mol. The van der Waals surface area contributed by atoms with E-state index in [9.17, 15) is 13.5 Å². The van der Waals surface area contributed by atoms with Gasteiger partial charge in [-0.1, -0.05) is 12.1 Å². The highest BCUT2D eigenvalue weighted by Crippen LogP contribution is 2.33. The van der Waals surface area contributed by atoms with Crippen LogP contribution in [0.1, 0.15) is 35.8 Å². The van der Waals surface area contributed by atoms with E-state index in [1.807, 2.05) is 12.1 Å². The van der Waals surface area contributed by atoms with Crippen molar-refractivity contribution in [2.45, 2.75) is 31.8 Å². The van der Waals surface area contributed by atoms with Gasteiger partial charge in [-0.05, 0) is 49.1 Å². The van der Waals surface area contributed by atoms with Crippen LogP contribution in [0, 0.1) is 0 Å². The Labute approximate surface area is 182 Å². The van der Waals surface area contributed by atoms with Crippen LogP contribution in [0.25, 0.3) is 11.0 Å². The molecule has 3 N–H and O–H groups in total. The van der Waals surface area contributed by atoms with E-state index in [0.29, 0.717) is 30.9 Å². The molecule has 0 bridgehead atoms. The highest BCUT2D eigenvalue weighted by molar-refractivity contribution is 7.92. The molecule has 0 fully saturated rings. The number of sulfonamides is 1. The largest absolute Gasteiger partial charge is 0.492 e. The summed E-state index contributed by atoms with van der Waals surface area (Å²) in [7, 11) is -3.36. The normalized spacial score (nSPS) is 14.9. The smallest absolute Gasteiger partial charge is 0.229 e. The predicted molar refractivity (Wildman–Crippen MR) is 121 cm³/mol. The molecule has 1 aliphatic rings. The van der Waals surface area contributed by atoms with Crippen molar-refractivity contribution in [3.63, 3.8) is 0 Å². The third-order valence-electron chi connectivity index (χ3n) is 5.39. The summed E-state index contributed by atoms with van der Waals surface area (Å²) in [4.78, 5) is 0. The lowest BCUT2D eigenvalue weighted by Gasteiger charge is -2.14. The van der Waals surface area contributed by atoms with Crippen LogP contribution in [0.4, 0.5) is 5.69 Å². The molecule has 1 aliphatic carbocycles. The number of aryl methyl sites for hydroxylation is 2. The molecule has 3 aromatic rings. The molecule has 7 nitrogen and oxygen atoms in total. The van der Waals surface area contributed by atoms with Crippen molar-refractivity contribution in [3.05, 3.63) is 59.4 Å². The Morgan fingerprint density at radius 2 is 2.00 bits per heavy atom. The fraction of sp³-hybridized carbons (Fsp3) is 0.391. The van der Waals surface area contributed by atoms with Crippen LogP contribution in [-0.4, -0.2) is 39.5 Å². The number of ether oxygens (including phenoxy) is 1. The van der Waals surface area contributed by atoms with Crippen LogP contribution in [0.15, 0.2) is 46.9 Å². The van der Waals surface area contributed by atoms with Crippen LogP contribution in [-0.2, 0) is 22.9 Å².